The van der Waals surface area contributed by atoms with Crippen molar-refractivity contribution in [3.05, 3.63) is 28.3 Å². The van der Waals surface area contributed by atoms with Crippen LogP contribution in [0.25, 0.3) is 0 Å². The summed E-state index contributed by atoms with van der Waals surface area (Å²) in [5, 5.41) is 2.36. The lowest BCUT2D eigenvalue weighted by Crippen LogP contribution is -2.54. The third-order valence-electron chi connectivity index (χ3n) is 4.22. The maximum atomic E-state index is 12.8. The number of hydrogen-bond donors (Lipinski definition) is 4. The van der Waals surface area contributed by atoms with Crippen LogP contribution in [0.2, 0.25) is 0 Å². The van der Waals surface area contributed by atoms with E-state index in [4.69, 9.17) is 0 Å². The Morgan fingerprint density at radius 2 is 1.36 bits per heavy atom. The quantitative estimate of drug-likeness (QED) is 0.407. The first-order chi connectivity index (χ1) is 12.8. The Kier molecular flexibility index (Phi) is 7.71. The first kappa shape index (κ1) is 23.6. The van der Waals surface area contributed by atoms with Gasteiger partial charge in [0.05, 0.1) is 10.9 Å². The van der Waals surface area contributed by atoms with Crippen LogP contribution in [0.5, 0.6) is 0 Å². The number of carbonyl (C=O) groups is 3. The molecule has 0 unspecified atom stereocenters. The number of rotatable bonds is 5. The molecule has 9 nitrogen and oxygen atoms in total. The topological polar surface area (TPSA) is 133 Å². The number of carbonyl (C=O) groups excluding carboxylic acids is 3. The van der Waals surface area contributed by atoms with Crippen LogP contribution in [-0.2, 0) is 24.4 Å². The van der Waals surface area contributed by atoms with Gasteiger partial charge in [-0.3, -0.25) is 25.2 Å². The molecule has 0 aliphatic heterocycles. The highest BCUT2D eigenvalue weighted by atomic mass is 32.2. The lowest BCUT2D eigenvalue weighted by molar-refractivity contribution is -0.141. The van der Waals surface area contributed by atoms with Crippen molar-refractivity contribution in [2.75, 3.05) is 0 Å². The van der Waals surface area contributed by atoms with Crippen molar-refractivity contribution < 1.29 is 22.8 Å². The molecule has 0 aromatic heterocycles. The molecule has 0 bridgehead atoms. The summed E-state index contributed by atoms with van der Waals surface area (Å²) in [6.45, 7) is 11.7. The van der Waals surface area contributed by atoms with Gasteiger partial charge in [-0.25, -0.2) is 8.42 Å². The van der Waals surface area contributed by atoms with Crippen LogP contribution in [0.15, 0.2) is 11.0 Å². The van der Waals surface area contributed by atoms with Crippen LogP contribution in [0.4, 0.5) is 0 Å². The van der Waals surface area contributed by atoms with Gasteiger partial charge in [-0.05, 0) is 70.7 Å². The number of amides is 3. The average molecular weight is 413 g/mol. The molecule has 0 spiro atoms. The molecule has 0 fully saturated rings. The molecule has 28 heavy (non-hydrogen) atoms. The smallest absolute Gasteiger partial charge is 0.327 e. The fourth-order valence-electron chi connectivity index (χ4n) is 2.54. The van der Waals surface area contributed by atoms with E-state index in [-0.39, 0.29) is 10.9 Å². The molecule has 0 heterocycles. The second kappa shape index (κ2) is 9.16. The highest BCUT2D eigenvalue weighted by Crippen LogP contribution is 2.26. The summed E-state index contributed by atoms with van der Waals surface area (Å²) < 4.78 is 27.9. The van der Waals surface area contributed by atoms with Crippen LogP contribution >= 0.6 is 0 Å². The molecule has 0 saturated carbocycles. The molecule has 4 N–H and O–H groups in total. The van der Waals surface area contributed by atoms with E-state index >= 15 is 0 Å². The molecule has 0 aliphatic carbocycles. The Bertz CT molecular complexity index is 867. The number of aryl methyl sites for hydroxylation is 2. The Morgan fingerprint density at radius 1 is 0.857 bits per heavy atom. The molecular formula is C18H28N4O5S. The second-order valence-electron chi connectivity index (χ2n) is 7.00. The highest BCUT2D eigenvalue weighted by Gasteiger charge is 2.27. The minimum absolute atomic E-state index is 0.130. The van der Waals surface area contributed by atoms with E-state index in [9.17, 15) is 22.8 Å². The van der Waals surface area contributed by atoms with Crippen molar-refractivity contribution in [1.29, 1.82) is 0 Å². The molecule has 0 radical (unpaired) electrons. The van der Waals surface area contributed by atoms with Crippen molar-refractivity contribution in [2.45, 2.75) is 65.4 Å². The molecule has 3 amide bonds. The maximum Gasteiger partial charge on any atom is 0.327 e. The average Bonchev–Trinajstić information content (AvgIpc) is 2.56. The maximum absolute atomic E-state index is 12.8. The van der Waals surface area contributed by atoms with Gasteiger partial charge in [0.1, 0.15) is 0 Å². The van der Waals surface area contributed by atoms with Gasteiger partial charge in [0.15, 0.2) is 0 Å². The van der Waals surface area contributed by atoms with Crippen LogP contribution in [-0.4, -0.2) is 38.2 Å². The number of hydrogen-bond acceptors (Lipinski definition) is 5. The summed E-state index contributed by atoms with van der Waals surface area (Å²) in [4.78, 5) is 35.4. The van der Waals surface area contributed by atoms with E-state index in [1.807, 2.05) is 30.8 Å². The van der Waals surface area contributed by atoms with E-state index in [1.54, 1.807) is 27.7 Å². The van der Waals surface area contributed by atoms with Crippen molar-refractivity contribution in [1.82, 2.24) is 20.9 Å². The zero-order valence-electron chi connectivity index (χ0n) is 17.2. The predicted molar refractivity (Wildman–Crippen MR) is 105 cm³/mol. The lowest BCUT2D eigenvalue weighted by Gasteiger charge is -2.19. The van der Waals surface area contributed by atoms with E-state index in [2.05, 4.69) is 10.0 Å². The first-order valence-electron chi connectivity index (χ1n) is 8.78. The summed E-state index contributed by atoms with van der Waals surface area (Å²) in [5.41, 5.74) is 6.83. The number of hydrazine groups is 1. The minimum atomic E-state index is -3.98. The minimum Gasteiger partial charge on any atom is -0.346 e. The number of nitrogens with one attached hydrogen (secondary N) is 4. The van der Waals surface area contributed by atoms with E-state index < -0.39 is 33.8 Å². The Hall–Kier alpha value is -2.46. The normalized spacial score (nSPS) is 12.4. The molecule has 1 aromatic rings. The van der Waals surface area contributed by atoms with Crippen molar-refractivity contribution in [2.24, 2.45) is 0 Å². The highest BCUT2D eigenvalue weighted by molar-refractivity contribution is 7.89. The van der Waals surface area contributed by atoms with Crippen molar-refractivity contribution >= 4 is 27.7 Å². The molecular weight excluding hydrogens is 384 g/mol. The van der Waals surface area contributed by atoms with Crippen LogP contribution in [0.3, 0.4) is 0 Å². The van der Waals surface area contributed by atoms with Gasteiger partial charge in [-0.2, -0.15) is 4.72 Å². The van der Waals surface area contributed by atoms with Gasteiger partial charge in [0.25, 0.3) is 5.91 Å². The molecule has 1 rings (SSSR count). The van der Waals surface area contributed by atoms with Gasteiger partial charge in [-0.15, -0.1) is 0 Å². The Labute approximate surface area is 165 Å². The monoisotopic (exact) mass is 412 g/mol. The van der Waals surface area contributed by atoms with E-state index in [1.165, 1.54) is 6.92 Å². The van der Waals surface area contributed by atoms with Gasteiger partial charge >= 0.3 is 11.8 Å². The molecule has 156 valence electrons. The molecule has 0 saturated heterocycles. The van der Waals surface area contributed by atoms with Crippen LogP contribution in [0.1, 0.15) is 43.0 Å². The number of benzene rings is 1. The third-order valence-corrected chi connectivity index (χ3v) is 6.03. The molecule has 10 heteroatoms. The summed E-state index contributed by atoms with van der Waals surface area (Å²) in [7, 11) is -3.98. The third kappa shape index (κ3) is 5.77. The first-order valence-corrected chi connectivity index (χ1v) is 10.3. The second-order valence-corrected chi connectivity index (χ2v) is 8.65. The van der Waals surface area contributed by atoms with Gasteiger partial charge in [0, 0.05) is 6.04 Å². The zero-order valence-corrected chi connectivity index (χ0v) is 18.0. The fraction of sp³-hybridized carbons (Fsp3) is 0.500. The standard InChI is InChI=1S/C18H28N4O5S/c1-9(2)19-17(24)18(25)21-20-16(23)14(7)22-28(26,27)15-12(5)10(3)8-11(4)13(15)6/h8-9,14,22H,1-7H3,(H,19,24)(H,20,23)(H,21,25)/t14-/m0/s1. The summed E-state index contributed by atoms with van der Waals surface area (Å²) in [6.07, 6.45) is 0. The van der Waals surface area contributed by atoms with Gasteiger partial charge in [-0.1, -0.05) is 6.07 Å². The van der Waals surface area contributed by atoms with Crippen LogP contribution in [0, 0.1) is 27.7 Å². The summed E-state index contributed by atoms with van der Waals surface area (Å²) in [5.74, 6) is -2.78. The molecule has 1 aromatic carbocycles. The van der Waals surface area contributed by atoms with Crippen LogP contribution < -0.4 is 20.9 Å². The molecule has 0 aliphatic rings. The largest absolute Gasteiger partial charge is 0.346 e. The van der Waals surface area contributed by atoms with E-state index in [0.717, 1.165) is 11.1 Å². The Balaban J connectivity index is 2.87. The lowest BCUT2D eigenvalue weighted by atomic mass is 10.0. The van der Waals surface area contributed by atoms with Gasteiger partial charge < -0.3 is 5.32 Å². The van der Waals surface area contributed by atoms with Crippen molar-refractivity contribution in [3.8, 4) is 0 Å². The number of sulfonamides is 1. The summed E-state index contributed by atoms with van der Waals surface area (Å²) >= 11 is 0. The Morgan fingerprint density at radius 3 is 1.82 bits per heavy atom. The summed E-state index contributed by atoms with van der Waals surface area (Å²) in [6, 6.07) is 0.472. The van der Waals surface area contributed by atoms with Crippen molar-refractivity contribution in [3.63, 3.8) is 0 Å². The predicted octanol–water partition coefficient (Wildman–Crippen LogP) is 0.259. The SMILES string of the molecule is Cc1cc(C)c(C)c(S(=O)(=O)N[C@@H](C)C(=O)NNC(=O)C(=O)NC(C)C)c1C. The molecule has 1 atom stereocenters. The van der Waals surface area contributed by atoms with E-state index in [0.29, 0.717) is 11.1 Å². The van der Waals surface area contributed by atoms with Gasteiger partial charge in [0.2, 0.25) is 10.0 Å². The zero-order chi connectivity index (χ0) is 21.8. The fourth-order valence-corrected chi connectivity index (χ4v) is 4.36.